The number of hydrogen-bond donors (Lipinski definition) is 1. The summed E-state index contributed by atoms with van der Waals surface area (Å²) in [6.07, 6.45) is 31.3. The van der Waals surface area contributed by atoms with Gasteiger partial charge in [0.2, 0.25) is 0 Å². The Hall–Kier alpha value is -3.42. The van der Waals surface area contributed by atoms with Crippen LogP contribution in [0.1, 0.15) is 83.6 Å². The van der Waals surface area contributed by atoms with Crippen molar-refractivity contribution in [2.24, 2.45) is 5.41 Å². The molecular formula is C40H52O. The van der Waals surface area contributed by atoms with Gasteiger partial charge in [0.05, 0.1) is 6.10 Å². The number of benzene rings is 1. The predicted molar refractivity (Wildman–Crippen MR) is 183 cm³/mol. The first-order valence-electron chi connectivity index (χ1n) is 14.8. The molecule has 0 aromatic heterocycles. The van der Waals surface area contributed by atoms with Crippen molar-refractivity contribution in [3.05, 3.63) is 147 Å². The molecular weight excluding hydrogens is 496 g/mol. The highest BCUT2D eigenvalue weighted by Gasteiger charge is 2.31. The van der Waals surface area contributed by atoms with Crippen LogP contribution in [-0.4, -0.2) is 11.2 Å². The summed E-state index contributed by atoms with van der Waals surface area (Å²) in [6, 6.07) is 4.39. The summed E-state index contributed by atoms with van der Waals surface area (Å²) in [4.78, 5) is 0. The third kappa shape index (κ3) is 11.5. The quantitative estimate of drug-likeness (QED) is 0.288. The van der Waals surface area contributed by atoms with E-state index >= 15 is 0 Å². The zero-order chi connectivity index (χ0) is 30.6. The second-order valence-corrected chi connectivity index (χ2v) is 12.3. The highest BCUT2D eigenvalue weighted by Crippen LogP contribution is 2.41. The lowest BCUT2D eigenvalue weighted by Crippen LogP contribution is -2.28. The van der Waals surface area contributed by atoms with Crippen LogP contribution < -0.4 is 0 Å². The topological polar surface area (TPSA) is 20.2 Å². The lowest BCUT2D eigenvalue weighted by Gasteiger charge is -2.35. The van der Waals surface area contributed by atoms with Crippen LogP contribution in [0.5, 0.6) is 0 Å². The third-order valence-electron chi connectivity index (χ3n) is 7.88. The maximum Gasteiger partial charge on any atom is 0.0585 e. The average Bonchev–Trinajstić information content (AvgIpc) is 2.88. The molecule has 1 N–H and O–H groups in total. The van der Waals surface area contributed by atoms with E-state index in [4.69, 9.17) is 0 Å². The van der Waals surface area contributed by atoms with Gasteiger partial charge in [-0.2, -0.15) is 0 Å². The van der Waals surface area contributed by atoms with Gasteiger partial charge in [0.1, 0.15) is 0 Å². The monoisotopic (exact) mass is 548 g/mol. The first kappa shape index (κ1) is 33.8. The number of aliphatic hydroxyl groups is 1. The fraction of sp³-hybridized carbons (Fsp3) is 0.350. The van der Waals surface area contributed by atoms with Crippen molar-refractivity contribution in [2.75, 3.05) is 0 Å². The van der Waals surface area contributed by atoms with E-state index in [-0.39, 0.29) is 11.5 Å². The van der Waals surface area contributed by atoms with Gasteiger partial charge in [-0.1, -0.05) is 139 Å². The molecule has 0 spiro atoms. The molecule has 1 unspecified atom stereocenters. The first-order valence-corrected chi connectivity index (χ1v) is 14.8. The molecule has 1 nitrogen and oxygen atoms in total. The third-order valence-corrected chi connectivity index (χ3v) is 7.88. The van der Waals surface area contributed by atoms with Crippen LogP contribution in [0.2, 0.25) is 0 Å². The van der Waals surface area contributed by atoms with Gasteiger partial charge >= 0.3 is 0 Å². The van der Waals surface area contributed by atoms with Gasteiger partial charge in [0, 0.05) is 0 Å². The Labute approximate surface area is 251 Å². The van der Waals surface area contributed by atoms with Crippen molar-refractivity contribution in [2.45, 2.75) is 88.2 Å². The minimum atomic E-state index is -0.223. The van der Waals surface area contributed by atoms with Crippen molar-refractivity contribution >= 4 is 6.08 Å². The van der Waals surface area contributed by atoms with Gasteiger partial charge in [-0.25, -0.2) is 0 Å². The molecule has 1 aliphatic rings. The van der Waals surface area contributed by atoms with Crippen LogP contribution in [-0.2, 0) is 0 Å². The Morgan fingerprint density at radius 1 is 0.683 bits per heavy atom. The molecule has 1 aromatic rings. The lowest BCUT2D eigenvalue weighted by molar-refractivity contribution is 0.116. The van der Waals surface area contributed by atoms with Crippen molar-refractivity contribution in [3.8, 4) is 0 Å². The average molecular weight is 549 g/mol. The Morgan fingerprint density at radius 3 is 1.71 bits per heavy atom. The summed E-state index contributed by atoms with van der Waals surface area (Å²) in [5.74, 6) is 0. The molecule has 0 radical (unpaired) electrons. The van der Waals surface area contributed by atoms with E-state index in [1.807, 2.05) is 0 Å². The van der Waals surface area contributed by atoms with Crippen LogP contribution in [0.4, 0.5) is 0 Å². The largest absolute Gasteiger partial charge is 0.393 e. The lowest BCUT2D eigenvalue weighted by atomic mass is 9.71. The standard InChI is InChI=1S/C40H52O/c1-29(17-13-19-31(3)21-24-37-25-23-33(5)35(7)36(37)8)15-11-12-16-30(2)18-14-20-32(4)22-26-39-34(6)27-38(41)28-40(39,9)10/h11-26,38,41H,27-28H2,1-10H3. The zero-order valence-corrected chi connectivity index (χ0v) is 27.2. The predicted octanol–water partition coefficient (Wildman–Crippen LogP) is 11.1. The molecule has 0 saturated heterocycles. The van der Waals surface area contributed by atoms with E-state index in [1.165, 1.54) is 55.7 Å². The van der Waals surface area contributed by atoms with Crippen LogP contribution >= 0.6 is 0 Å². The maximum absolute atomic E-state index is 10.1. The minimum Gasteiger partial charge on any atom is -0.393 e. The molecule has 1 heteroatoms. The van der Waals surface area contributed by atoms with Crippen molar-refractivity contribution in [1.29, 1.82) is 0 Å². The van der Waals surface area contributed by atoms with Crippen molar-refractivity contribution < 1.29 is 5.11 Å². The van der Waals surface area contributed by atoms with E-state index in [0.717, 1.165) is 12.8 Å². The minimum absolute atomic E-state index is 0.0100. The summed E-state index contributed by atoms with van der Waals surface area (Å²) in [5.41, 5.74) is 12.8. The first-order chi connectivity index (χ1) is 19.3. The number of allylic oxidation sites excluding steroid dienone is 18. The van der Waals surface area contributed by atoms with E-state index in [0.29, 0.717) is 0 Å². The van der Waals surface area contributed by atoms with Crippen LogP contribution in [0.3, 0.4) is 0 Å². The van der Waals surface area contributed by atoms with Gasteiger partial charge < -0.3 is 5.11 Å². The van der Waals surface area contributed by atoms with Gasteiger partial charge in [0.15, 0.2) is 0 Å². The number of rotatable bonds is 10. The smallest absolute Gasteiger partial charge is 0.0585 e. The van der Waals surface area contributed by atoms with Gasteiger partial charge in [-0.15, -0.1) is 0 Å². The fourth-order valence-corrected chi connectivity index (χ4v) is 5.11. The van der Waals surface area contributed by atoms with Crippen LogP contribution in [0, 0.1) is 26.2 Å². The second-order valence-electron chi connectivity index (χ2n) is 12.3. The van der Waals surface area contributed by atoms with E-state index < -0.39 is 0 Å². The molecule has 1 atom stereocenters. The Morgan fingerprint density at radius 2 is 1.17 bits per heavy atom. The van der Waals surface area contributed by atoms with Crippen LogP contribution in [0.15, 0.2) is 125 Å². The molecule has 0 fully saturated rings. The molecule has 0 amide bonds. The summed E-state index contributed by atoms with van der Waals surface area (Å²) in [6.45, 7) is 21.6. The van der Waals surface area contributed by atoms with E-state index in [9.17, 15) is 5.11 Å². The molecule has 0 heterocycles. The highest BCUT2D eigenvalue weighted by molar-refractivity contribution is 5.59. The van der Waals surface area contributed by atoms with Crippen LogP contribution in [0.25, 0.3) is 6.08 Å². The van der Waals surface area contributed by atoms with E-state index in [1.54, 1.807) is 0 Å². The van der Waals surface area contributed by atoms with Crippen molar-refractivity contribution in [1.82, 2.24) is 0 Å². The Bertz CT molecular complexity index is 1370. The fourth-order valence-electron chi connectivity index (χ4n) is 5.11. The molecule has 0 saturated carbocycles. The Balaban J connectivity index is 1.90. The second kappa shape index (κ2) is 16.1. The number of aryl methyl sites for hydroxylation is 1. The molecule has 218 valence electrons. The molecule has 2 rings (SSSR count). The maximum atomic E-state index is 10.1. The number of hydrogen-bond acceptors (Lipinski definition) is 1. The molecule has 41 heavy (non-hydrogen) atoms. The summed E-state index contributed by atoms with van der Waals surface area (Å²) in [5, 5.41) is 10.1. The molecule has 1 aliphatic carbocycles. The zero-order valence-electron chi connectivity index (χ0n) is 27.2. The number of aliphatic hydroxyl groups excluding tert-OH is 1. The highest BCUT2D eigenvalue weighted by atomic mass is 16.3. The van der Waals surface area contributed by atoms with Gasteiger partial charge in [-0.3, -0.25) is 0 Å². The van der Waals surface area contributed by atoms with Gasteiger partial charge in [0.25, 0.3) is 0 Å². The SMILES string of the molecule is CC(C=CC=C(C)C=CC1=C(C)CC(O)CC1(C)C)=CC=CC=C(C)C=CC=C(C)C=Cc1ccc(C)c(C)c1C. The molecule has 0 aliphatic heterocycles. The van der Waals surface area contributed by atoms with Gasteiger partial charge in [-0.05, 0) is 101 Å². The summed E-state index contributed by atoms with van der Waals surface area (Å²) < 4.78 is 0. The van der Waals surface area contributed by atoms with E-state index in [2.05, 4.69) is 166 Å². The summed E-state index contributed by atoms with van der Waals surface area (Å²) in [7, 11) is 0. The van der Waals surface area contributed by atoms with Crippen molar-refractivity contribution in [3.63, 3.8) is 0 Å². The summed E-state index contributed by atoms with van der Waals surface area (Å²) >= 11 is 0. The Kier molecular flexibility index (Phi) is 13.3. The molecule has 1 aromatic carbocycles. The molecule has 0 bridgehead atoms. The normalized spacial score (nSPS) is 19.8.